The molecule has 0 N–H and O–H groups in total. The van der Waals surface area contributed by atoms with Crippen LogP contribution < -0.4 is 4.90 Å². The summed E-state index contributed by atoms with van der Waals surface area (Å²) in [6.07, 6.45) is 1.73. The van der Waals surface area contributed by atoms with Crippen LogP contribution in [0, 0.1) is 0 Å². The molecular weight excluding hydrogens is 412 g/mol. The molecule has 1 amide bonds. The van der Waals surface area contributed by atoms with Gasteiger partial charge in [-0.2, -0.15) is 0 Å². The molecule has 1 aliphatic rings. The predicted molar refractivity (Wildman–Crippen MR) is 124 cm³/mol. The highest BCUT2D eigenvalue weighted by atomic mass is 32.2. The number of carbonyl (C=O) groups excluding carboxylic acids is 1. The molecule has 7 heteroatoms. The monoisotopic (exact) mass is 438 g/mol. The van der Waals surface area contributed by atoms with E-state index in [4.69, 9.17) is 0 Å². The first kappa shape index (κ1) is 21.0. The third kappa shape index (κ3) is 4.73. The molecule has 2 heterocycles. The lowest BCUT2D eigenvalue weighted by Gasteiger charge is -2.22. The number of thioether (sulfide) groups is 2. The molecule has 1 unspecified atom stereocenters. The lowest BCUT2D eigenvalue weighted by Crippen LogP contribution is -2.33. The largest absolute Gasteiger partial charge is 0.311 e. The van der Waals surface area contributed by atoms with Crippen molar-refractivity contribution >= 4 is 35.1 Å². The standard InChI is InChI=1S/C23H26N4OS2/c1-3-26-21(15-18-9-5-4-6-10-18)24-25-23(26)29-16-22(28)27-14-13-17(2)30-20-12-8-7-11-19(20)27/h4-12,17H,3,13-16H2,1-2H3. The lowest BCUT2D eigenvalue weighted by atomic mass is 10.1. The molecule has 30 heavy (non-hydrogen) atoms. The van der Waals surface area contributed by atoms with Gasteiger partial charge in [0.2, 0.25) is 5.91 Å². The maximum Gasteiger partial charge on any atom is 0.237 e. The number of fused-ring (bicyclic) bond motifs is 1. The van der Waals surface area contributed by atoms with Gasteiger partial charge in [-0.3, -0.25) is 4.79 Å². The summed E-state index contributed by atoms with van der Waals surface area (Å²) in [6, 6.07) is 18.5. The van der Waals surface area contributed by atoms with E-state index in [1.807, 2.05) is 47.0 Å². The van der Waals surface area contributed by atoms with Crippen molar-refractivity contribution < 1.29 is 4.79 Å². The lowest BCUT2D eigenvalue weighted by molar-refractivity contribution is -0.116. The number of nitrogens with zero attached hydrogens (tertiary/aromatic N) is 4. The van der Waals surface area contributed by atoms with E-state index in [-0.39, 0.29) is 5.91 Å². The van der Waals surface area contributed by atoms with E-state index in [0.717, 1.165) is 42.6 Å². The highest BCUT2D eigenvalue weighted by molar-refractivity contribution is 8.00. The maximum atomic E-state index is 13.1. The molecule has 5 nitrogen and oxygen atoms in total. The third-order valence-corrected chi connectivity index (χ3v) is 7.37. The molecule has 0 saturated heterocycles. The van der Waals surface area contributed by atoms with Crippen molar-refractivity contribution in [3.05, 3.63) is 66.0 Å². The SMILES string of the molecule is CCn1c(Cc2ccccc2)nnc1SCC(=O)N1CCC(C)Sc2ccccc21. The highest BCUT2D eigenvalue weighted by Crippen LogP contribution is 2.37. The van der Waals surface area contributed by atoms with Crippen LogP contribution in [0.4, 0.5) is 5.69 Å². The fraction of sp³-hybridized carbons (Fsp3) is 0.348. The van der Waals surface area contributed by atoms with Crippen LogP contribution in [0.15, 0.2) is 64.6 Å². The minimum atomic E-state index is 0.123. The van der Waals surface area contributed by atoms with Crippen LogP contribution in [-0.2, 0) is 17.8 Å². The van der Waals surface area contributed by atoms with Crippen LogP contribution in [0.25, 0.3) is 0 Å². The van der Waals surface area contributed by atoms with Gasteiger partial charge >= 0.3 is 0 Å². The van der Waals surface area contributed by atoms with Crippen molar-refractivity contribution in [3.63, 3.8) is 0 Å². The van der Waals surface area contributed by atoms with E-state index in [2.05, 4.69) is 52.9 Å². The number of benzene rings is 2. The van der Waals surface area contributed by atoms with Crippen LogP contribution in [0.5, 0.6) is 0 Å². The molecule has 4 rings (SSSR count). The maximum absolute atomic E-state index is 13.1. The number of carbonyl (C=O) groups is 1. The van der Waals surface area contributed by atoms with Crippen molar-refractivity contribution in [1.29, 1.82) is 0 Å². The van der Waals surface area contributed by atoms with Crippen molar-refractivity contribution in [2.45, 2.75) is 48.5 Å². The molecule has 1 aliphatic heterocycles. The van der Waals surface area contributed by atoms with Gasteiger partial charge in [0.1, 0.15) is 5.82 Å². The molecule has 2 aromatic carbocycles. The van der Waals surface area contributed by atoms with Gasteiger partial charge in [0, 0.05) is 29.7 Å². The Morgan fingerprint density at radius 2 is 1.90 bits per heavy atom. The summed E-state index contributed by atoms with van der Waals surface area (Å²) in [5, 5.41) is 10.1. The van der Waals surface area contributed by atoms with E-state index in [1.165, 1.54) is 22.2 Å². The van der Waals surface area contributed by atoms with Gasteiger partial charge in [0.15, 0.2) is 5.16 Å². The van der Waals surface area contributed by atoms with E-state index in [0.29, 0.717) is 11.0 Å². The summed E-state index contributed by atoms with van der Waals surface area (Å²) in [4.78, 5) is 16.3. The Kier molecular flexibility index (Phi) is 6.79. The molecule has 0 spiro atoms. The molecule has 156 valence electrons. The second-order valence-corrected chi connectivity index (χ2v) is 9.75. The zero-order chi connectivity index (χ0) is 20.9. The summed E-state index contributed by atoms with van der Waals surface area (Å²) in [7, 11) is 0. The van der Waals surface area contributed by atoms with E-state index < -0.39 is 0 Å². The zero-order valence-corrected chi connectivity index (χ0v) is 19.0. The predicted octanol–water partition coefficient (Wildman–Crippen LogP) is 4.90. The van der Waals surface area contributed by atoms with Crippen molar-refractivity contribution in [2.75, 3.05) is 17.2 Å². The van der Waals surface area contributed by atoms with Gasteiger partial charge in [-0.15, -0.1) is 22.0 Å². The summed E-state index contributed by atoms with van der Waals surface area (Å²) >= 11 is 3.33. The van der Waals surface area contributed by atoms with Gasteiger partial charge in [-0.25, -0.2) is 0 Å². The molecule has 1 atom stereocenters. The fourth-order valence-corrected chi connectivity index (χ4v) is 5.61. The topological polar surface area (TPSA) is 51.0 Å². The van der Waals surface area contributed by atoms with Gasteiger partial charge in [-0.1, -0.05) is 61.2 Å². The van der Waals surface area contributed by atoms with E-state index in [9.17, 15) is 4.79 Å². The van der Waals surface area contributed by atoms with Crippen LogP contribution in [0.2, 0.25) is 0 Å². The second kappa shape index (κ2) is 9.71. The molecule has 0 saturated carbocycles. The molecule has 1 aromatic heterocycles. The van der Waals surface area contributed by atoms with Crippen LogP contribution >= 0.6 is 23.5 Å². The summed E-state index contributed by atoms with van der Waals surface area (Å²) in [5.41, 5.74) is 2.24. The highest BCUT2D eigenvalue weighted by Gasteiger charge is 2.24. The normalized spacial score (nSPS) is 16.2. The van der Waals surface area contributed by atoms with Crippen LogP contribution in [-0.4, -0.2) is 38.2 Å². The number of aromatic nitrogens is 3. The van der Waals surface area contributed by atoms with Crippen molar-refractivity contribution in [1.82, 2.24) is 14.8 Å². The van der Waals surface area contributed by atoms with E-state index in [1.54, 1.807) is 0 Å². The van der Waals surface area contributed by atoms with E-state index >= 15 is 0 Å². The first-order chi connectivity index (χ1) is 14.7. The van der Waals surface area contributed by atoms with Gasteiger partial charge < -0.3 is 9.47 Å². The third-order valence-electron chi connectivity index (χ3n) is 5.18. The first-order valence-electron chi connectivity index (χ1n) is 10.3. The summed E-state index contributed by atoms with van der Waals surface area (Å²) in [5.74, 6) is 1.41. The van der Waals surface area contributed by atoms with Gasteiger partial charge in [0.05, 0.1) is 11.4 Å². The Balaban J connectivity index is 1.47. The zero-order valence-electron chi connectivity index (χ0n) is 17.3. The molecule has 0 radical (unpaired) electrons. The van der Waals surface area contributed by atoms with Crippen molar-refractivity contribution in [3.8, 4) is 0 Å². The average molecular weight is 439 g/mol. The minimum absolute atomic E-state index is 0.123. The Labute approximate surface area is 186 Å². The summed E-state index contributed by atoms with van der Waals surface area (Å²) < 4.78 is 2.11. The Bertz CT molecular complexity index is 1010. The molecule has 3 aromatic rings. The number of para-hydroxylation sites is 1. The minimum Gasteiger partial charge on any atom is -0.311 e. The second-order valence-electron chi connectivity index (χ2n) is 7.32. The number of hydrogen-bond donors (Lipinski definition) is 0. The van der Waals surface area contributed by atoms with Crippen LogP contribution in [0.3, 0.4) is 0 Å². The number of rotatable bonds is 6. The molecular formula is C23H26N4OS2. The first-order valence-corrected chi connectivity index (χ1v) is 12.2. The van der Waals surface area contributed by atoms with Gasteiger partial charge in [0.25, 0.3) is 0 Å². The molecule has 0 fully saturated rings. The quantitative estimate of drug-likeness (QED) is 0.513. The number of hydrogen-bond acceptors (Lipinski definition) is 5. The molecule has 0 bridgehead atoms. The fourth-order valence-electron chi connectivity index (χ4n) is 3.60. The summed E-state index contributed by atoms with van der Waals surface area (Å²) in [6.45, 7) is 5.85. The van der Waals surface area contributed by atoms with Crippen molar-refractivity contribution in [2.24, 2.45) is 0 Å². The number of anilines is 1. The van der Waals surface area contributed by atoms with Crippen LogP contribution in [0.1, 0.15) is 31.7 Å². The molecule has 0 aliphatic carbocycles. The van der Waals surface area contributed by atoms with Gasteiger partial charge in [-0.05, 0) is 31.0 Å². The number of amides is 1. The average Bonchev–Trinajstić information content (AvgIpc) is 3.06. The Morgan fingerprint density at radius 1 is 1.13 bits per heavy atom. The Hall–Kier alpha value is -2.25. The Morgan fingerprint density at radius 3 is 2.70 bits per heavy atom. The smallest absolute Gasteiger partial charge is 0.237 e.